The molecule has 0 aliphatic carbocycles. The van der Waals surface area contributed by atoms with E-state index >= 15 is 0 Å². The number of carbonyl (C=O) groups is 1. The van der Waals surface area contributed by atoms with Crippen LogP contribution in [0.1, 0.15) is 19.4 Å². The van der Waals surface area contributed by atoms with E-state index in [0.29, 0.717) is 21.3 Å². The predicted octanol–water partition coefficient (Wildman–Crippen LogP) is 3.41. The summed E-state index contributed by atoms with van der Waals surface area (Å²) in [5.74, 6) is -0.0112. The summed E-state index contributed by atoms with van der Waals surface area (Å²) in [6.07, 6.45) is 0. The molecule has 0 spiro atoms. The number of hydrogen-bond acceptors (Lipinski definition) is 4. The normalized spacial score (nSPS) is 9.59. The van der Waals surface area contributed by atoms with Crippen molar-refractivity contribution in [3.8, 4) is 17.6 Å². The van der Waals surface area contributed by atoms with Crippen molar-refractivity contribution in [3.63, 3.8) is 0 Å². The molecule has 1 rings (SSSR count). The highest BCUT2D eigenvalue weighted by atomic mass is 79.9. The Hall–Kier alpha value is -1.06. The molecule has 0 fully saturated rings. The summed E-state index contributed by atoms with van der Waals surface area (Å²) in [7, 11) is 0. The minimum absolute atomic E-state index is 0.136. The minimum atomic E-state index is -0.503. The van der Waals surface area contributed by atoms with Crippen molar-refractivity contribution in [3.05, 3.63) is 20.6 Å². The van der Waals surface area contributed by atoms with Gasteiger partial charge in [0.1, 0.15) is 11.6 Å². The number of ether oxygens (including phenoxy) is 2. The standard InChI is InChI=1S/C11H9Br2NO3/c1-3-16-9-4-8(12)10(13)7(5-14)11(9)17-6(2)15/h4H,3H2,1-2H3. The molecule has 17 heavy (non-hydrogen) atoms. The summed E-state index contributed by atoms with van der Waals surface area (Å²) >= 11 is 6.54. The van der Waals surface area contributed by atoms with E-state index in [1.165, 1.54) is 6.92 Å². The van der Waals surface area contributed by atoms with Crippen LogP contribution in [-0.4, -0.2) is 12.6 Å². The van der Waals surface area contributed by atoms with Gasteiger partial charge in [-0.2, -0.15) is 5.26 Å². The van der Waals surface area contributed by atoms with Gasteiger partial charge in [-0.05, 0) is 44.8 Å². The van der Waals surface area contributed by atoms with Crippen molar-refractivity contribution in [1.82, 2.24) is 0 Å². The fraction of sp³-hybridized carbons (Fsp3) is 0.273. The molecule has 0 heterocycles. The van der Waals surface area contributed by atoms with Gasteiger partial charge in [-0.1, -0.05) is 0 Å². The summed E-state index contributed by atoms with van der Waals surface area (Å²) in [5.41, 5.74) is 0.220. The predicted molar refractivity (Wildman–Crippen MR) is 69.0 cm³/mol. The Balaban J connectivity index is 3.43. The fourth-order valence-electron chi connectivity index (χ4n) is 1.19. The van der Waals surface area contributed by atoms with E-state index in [1.54, 1.807) is 13.0 Å². The second kappa shape index (κ2) is 6.03. The fourth-order valence-corrected chi connectivity index (χ4v) is 1.98. The summed E-state index contributed by atoms with van der Waals surface area (Å²) < 4.78 is 11.5. The van der Waals surface area contributed by atoms with Gasteiger partial charge in [-0.15, -0.1) is 0 Å². The smallest absolute Gasteiger partial charge is 0.308 e. The third-order valence-corrected chi connectivity index (χ3v) is 3.78. The van der Waals surface area contributed by atoms with Crippen molar-refractivity contribution < 1.29 is 14.3 Å². The summed E-state index contributed by atoms with van der Waals surface area (Å²) in [5, 5.41) is 9.08. The van der Waals surface area contributed by atoms with Crippen LogP contribution < -0.4 is 9.47 Å². The van der Waals surface area contributed by atoms with Crippen molar-refractivity contribution in [2.75, 3.05) is 6.61 Å². The second-order valence-corrected chi connectivity index (χ2v) is 4.66. The lowest BCUT2D eigenvalue weighted by Gasteiger charge is -2.13. The van der Waals surface area contributed by atoms with Crippen LogP contribution in [-0.2, 0) is 4.79 Å². The van der Waals surface area contributed by atoms with E-state index in [-0.39, 0.29) is 11.3 Å². The van der Waals surface area contributed by atoms with Gasteiger partial charge in [-0.25, -0.2) is 0 Å². The lowest BCUT2D eigenvalue weighted by Crippen LogP contribution is -2.06. The maximum atomic E-state index is 11.0. The Bertz CT molecular complexity index is 494. The third kappa shape index (κ3) is 3.20. The van der Waals surface area contributed by atoms with Crippen molar-refractivity contribution >= 4 is 37.8 Å². The molecule has 0 bridgehead atoms. The molecule has 0 saturated carbocycles. The van der Waals surface area contributed by atoms with Gasteiger partial charge in [0.2, 0.25) is 0 Å². The number of carbonyl (C=O) groups excluding carboxylic acids is 1. The van der Waals surface area contributed by atoms with Crippen molar-refractivity contribution in [2.24, 2.45) is 0 Å². The lowest BCUT2D eigenvalue weighted by atomic mass is 10.2. The zero-order chi connectivity index (χ0) is 13.0. The molecule has 0 aliphatic heterocycles. The first-order valence-corrected chi connectivity index (χ1v) is 6.33. The first-order chi connectivity index (χ1) is 8.01. The van der Waals surface area contributed by atoms with Crippen LogP contribution in [0.4, 0.5) is 0 Å². The van der Waals surface area contributed by atoms with Gasteiger partial charge in [0, 0.05) is 11.4 Å². The second-order valence-electron chi connectivity index (χ2n) is 3.01. The zero-order valence-corrected chi connectivity index (χ0v) is 12.4. The number of nitriles is 1. The van der Waals surface area contributed by atoms with E-state index in [2.05, 4.69) is 31.9 Å². The first-order valence-electron chi connectivity index (χ1n) is 4.74. The number of nitrogens with zero attached hydrogens (tertiary/aromatic N) is 1. The van der Waals surface area contributed by atoms with Crippen LogP contribution in [0.2, 0.25) is 0 Å². The Morgan fingerprint density at radius 1 is 1.53 bits per heavy atom. The Morgan fingerprint density at radius 2 is 2.18 bits per heavy atom. The van der Waals surface area contributed by atoms with Gasteiger partial charge >= 0.3 is 5.97 Å². The van der Waals surface area contributed by atoms with Gasteiger partial charge in [-0.3, -0.25) is 4.79 Å². The Morgan fingerprint density at radius 3 is 2.65 bits per heavy atom. The topological polar surface area (TPSA) is 59.3 Å². The number of benzene rings is 1. The van der Waals surface area contributed by atoms with Crippen LogP contribution in [0.5, 0.6) is 11.5 Å². The van der Waals surface area contributed by atoms with Crippen LogP contribution in [0, 0.1) is 11.3 Å². The quantitative estimate of drug-likeness (QED) is 0.610. The maximum Gasteiger partial charge on any atom is 0.308 e. The molecule has 0 aliphatic rings. The largest absolute Gasteiger partial charge is 0.490 e. The van der Waals surface area contributed by atoms with Gasteiger partial charge in [0.25, 0.3) is 0 Å². The summed E-state index contributed by atoms with van der Waals surface area (Å²) in [4.78, 5) is 11.0. The summed E-state index contributed by atoms with van der Waals surface area (Å²) in [6, 6.07) is 3.62. The molecule has 0 aromatic heterocycles. The van der Waals surface area contributed by atoms with E-state index < -0.39 is 5.97 Å². The van der Waals surface area contributed by atoms with Crippen molar-refractivity contribution in [2.45, 2.75) is 13.8 Å². The molecule has 0 saturated heterocycles. The molecule has 0 N–H and O–H groups in total. The van der Waals surface area contributed by atoms with Gasteiger partial charge in [0.05, 0.1) is 11.1 Å². The van der Waals surface area contributed by atoms with Crippen molar-refractivity contribution in [1.29, 1.82) is 5.26 Å². The third-order valence-electron chi connectivity index (χ3n) is 1.80. The number of halogens is 2. The molecule has 0 atom stereocenters. The van der Waals surface area contributed by atoms with Crippen LogP contribution in [0.25, 0.3) is 0 Å². The average Bonchev–Trinajstić information content (AvgIpc) is 2.25. The van der Waals surface area contributed by atoms with E-state index in [0.717, 1.165) is 0 Å². The van der Waals surface area contributed by atoms with Gasteiger partial charge < -0.3 is 9.47 Å². The van der Waals surface area contributed by atoms with Crippen LogP contribution in [0.3, 0.4) is 0 Å². The van der Waals surface area contributed by atoms with E-state index in [1.807, 2.05) is 6.07 Å². The first kappa shape index (κ1) is 14.0. The highest BCUT2D eigenvalue weighted by Crippen LogP contribution is 2.41. The number of esters is 1. The molecule has 0 unspecified atom stereocenters. The van der Waals surface area contributed by atoms with Crippen LogP contribution >= 0.6 is 31.9 Å². The number of hydrogen-bond donors (Lipinski definition) is 0. The molecule has 4 nitrogen and oxygen atoms in total. The molecular weight excluding hydrogens is 354 g/mol. The molecular formula is C11H9Br2NO3. The molecule has 1 aromatic rings. The molecule has 90 valence electrons. The highest BCUT2D eigenvalue weighted by Gasteiger charge is 2.19. The minimum Gasteiger partial charge on any atom is -0.490 e. The molecule has 0 radical (unpaired) electrons. The summed E-state index contributed by atoms with van der Waals surface area (Å²) in [6.45, 7) is 3.49. The monoisotopic (exact) mass is 361 g/mol. The lowest BCUT2D eigenvalue weighted by molar-refractivity contribution is -0.132. The van der Waals surface area contributed by atoms with Crippen LogP contribution in [0.15, 0.2) is 15.0 Å². The maximum absolute atomic E-state index is 11.0. The molecule has 6 heteroatoms. The average molecular weight is 363 g/mol. The van der Waals surface area contributed by atoms with E-state index in [4.69, 9.17) is 14.7 Å². The molecule has 1 aromatic carbocycles. The Kier molecular flexibility index (Phi) is 4.97. The zero-order valence-electron chi connectivity index (χ0n) is 9.21. The molecule has 0 amide bonds. The Labute approximate surface area is 116 Å². The highest BCUT2D eigenvalue weighted by molar-refractivity contribution is 9.13. The number of rotatable bonds is 3. The SMILES string of the molecule is CCOc1cc(Br)c(Br)c(C#N)c1OC(C)=O. The van der Waals surface area contributed by atoms with Gasteiger partial charge in [0.15, 0.2) is 11.5 Å². The van der Waals surface area contributed by atoms with E-state index in [9.17, 15) is 4.79 Å².